The molecule has 0 atom stereocenters. The SMILES string of the molecule is CCOCCOC(=O)c1ccc(F)c2ccccc12. The lowest BCUT2D eigenvalue weighted by molar-refractivity contribution is 0.0337. The van der Waals surface area contributed by atoms with E-state index in [4.69, 9.17) is 9.47 Å². The van der Waals surface area contributed by atoms with Crippen LogP contribution < -0.4 is 0 Å². The molecule has 100 valence electrons. The molecule has 0 fully saturated rings. The van der Waals surface area contributed by atoms with E-state index in [1.165, 1.54) is 12.1 Å². The molecule has 0 aromatic heterocycles. The van der Waals surface area contributed by atoms with Gasteiger partial charge in [-0.15, -0.1) is 0 Å². The van der Waals surface area contributed by atoms with Crippen molar-refractivity contribution in [3.05, 3.63) is 47.8 Å². The van der Waals surface area contributed by atoms with Crippen LogP contribution in [0, 0.1) is 5.82 Å². The number of hydrogen-bond donors (Lipinski definition) is 0. The minimum atomic E-state index is -0.462. The molecule has 0 aliphatic rings. The van der Waals surface area contributed by atoms with Gasteiger partial charge in [0.05, 0.1) is 12.2 Å². The summed E-state index contributed by atoms with van der Waals surface area (Å²) in [6.45, 7) is 3.01. The maximum absolute atomic E-state index is 13.6. The highest BCUT2D eigenvalue weighted by atomic mass is 19.1. The minimum Gasteiger partial charge on any atom is -0.460 e. The van der Waals surface area contributed by atoms with Gasteiger partial charge in [-0.2, -0.15) is 0 Å². The van der Waals surface area contributed by atoms with E-state index in [0.717, 1.165) is 0 Å². The van der Waals surface area contributed by atoms with Crippen molar-refractivity contribution in [2.75, 3.05) is 19.8 Å². The Morgan fingerprint density at radius 2 is 1.84 bits per heavy atom. The fourth-order valence-corrected chi connectivity index (χ4v) is 1.86. The van der Waals surface area contributed by atoms with E-state index in [1.54, 1.807) is 24.3 Å². The number of ether oxygens (including phenoxy) is 2. The number of rotatable bonds is 5. The van der Waals surface area contributed by atoms with Gasteiger partial charge in [-0.1, -0.05) is 24.3 Å². The summed E-state index contributed by atoms with van der Waals surface area (Å²) in [5.74, 6) is -0.808. The Hall–Kier alpha value is -1.94. The predicted molar refractivity (Wildman–Crippen MR) is 70.7 cm³/mol. The number of halogens is 1. The molecule has 19 heavy (non-hydrogen) atoms. The van der Waals surface area contributed by atoms with E-state index >= 15 is 0 Å². The Kier molecular flexibility index (Phi) is 4.47. The van der Waals surface area contributed by atoms with Crippen LogP contribution in [-0.2, 0) is 9.47 Å². The van der Waals surface area contributed by atoms with Gasteiger partial charge in [0.1, 0.15) is 12.4 Å². The van der Waals surface area contributed by atoms with Crippen molar-refractivity contribution in [2.24, 2.45) is 0 Å². The molecule has 4 heteroatoms. The number of hydrogen-bond acceptors (Lipinski definition) is 3. The van der Waals surface area contributed by atoms with E-state index in [2.05, 4.69) is 0 Å². The molecule has 0 aliphatic carbocycles. The zero-order chi connectivity index (χ0) is 13.7. The van der Waals surface area contributed by atoms with E-state index in [0.29, 0.717) is 29.5 Å². The fourth-order valence-electron chi connectivity index (χ4n) is 1.86. The summed E-state index contributed by atoms with van der Waals surface area (Å²) in [5, 5.41) is 0.977. The van der Waals surface area contributed by atoms with Crippen molar-refractivity contribution >= 4 is 16.7 Å². The third kappa shape index (κ3) is 3.09. The van der Waals surface area contributed by atoms with E-state index in [9.17, 15) is 9.18 Å². The first-order valence-electron chi connectivity index (χ1n) is 6.16. The summed E-state index contributed by atoms with van der Waals surface area (Å²) in [5.41, 5.74) is 0.369. The molecule has 0 amide bonds. The quantitative estimate of drug-likeness (QED) is 0.613. The van der Waals surface area contributed by atoms with Crippen LogP contribution in [-0.4, -0.2) is 25.8 Å². The van der Waals surface area contributed by atoms with Crippen LogP contribution in [0.15, 0.2) is 36.4 Å². The van der Waals surface area contributed by atoms with Gasteiger partial charge in [-0.05, 0) is 24.4 Å². The van der Waals surface area contributed by atoms with E-state index < -0.39 is 5.97 Å². The van der Waals surface area contributed by atoms with Gasteiger partial charge in [0.2, 0.25) is 0 Å². The summed E-state index contributed by atoms with van der Waals surface area (Å²) >= 11 is 0. The summed E-state index contributed by atoms with van der Waals surface area (Å²) in [6.07, 6.45) is 0. The molecule has 2 rings (SSSR count). The maximum Gasteiger partial charge on any atom is 0.338 e. The summed E-state index contributed by atoms with van der Waals surface area (Å²) in [6, 6.07) is 9.57. The third-order valence-corrected chi connectivity index (χ3v) is 2.76. The molecule has 0 heterocycles. The highest BCUT2D eigenvalue weighted by molar-refractivity contribution is 6.04. The molecule has 0 unspecified atom stereocenters. The van der Waals surface area contributed by atoms with Gasteiger partial charge in [0, 0.05) is 12.0 Å². The van der Waals surface area contributed by atoms with Crippen molar-refractivity contribution in [2.45, 2.75) is 6.92 Å². The second kappa shape index (κ2) is 6.29. The van der Waals surface area contributed by atoms with Gasteiger partial charge < -0.3 is 9.47 Å². The summed E-state index contributed by atoms with van der Waals surface area (Å²) in [4.78, 5) is 11.9. The van der Waals surface area contributed by atoms with Gasteiger partial charge in [0.15, 0.2) is 0 Å². The Morgan fingerprint density at radius 1 is 1.11 bits per heavy atom. The summed E-state index contributed by atoms with van der Waals surface area (Å²) < 4.78 is 23.8. The predicted octanol–water partition coefficient (Wildman–Crippen LogP) is 3.17. The van der Waals surface area contributed by atoms with Crippen molar-refractivity contribution < 1.29 is 18.7 Å². The average Bonchev–Trinajstić information content (AvgIpc) is 2.44. The topological polar surface area (TPSA) is 35.5 Å². The van der Waals surface area contributed by atoms with Crippen molar-refractivity contribution in [1.29, 1.82) is 0 Å². The highest BCUT2D eigenvalue weighted by Crippen LogP contribution is 2.22. The van der Waals surface area contributed by atoms with Gasteiger partial charge in [0.25, 0.3) is 0 Å². The largest absolute Gasteiger partial charge is 0.460 e. The highest BCUT2D eigenvalue weighted by Gasteiger charge is 2.13. The van der Waals surface area contributed by atoms with Crippen molar-refractivity contribution in [3.8, 4) is 0 Å². The van der Waals surface area contributed by atoms with Crippen LogP contribution in [0.4, 0.5) is 4.39 Å². The number of carbonyl (C=O) groups excluding carboxylic acids is 1. The Bertz CT molecular complexity index is 581. The number of fused-ring (bicyclic) bond motifs is 1. The fraction of sp³-hybridized carbons (Fsp3) is 0.267. The lowest BCUT2D eigenvalue weighted by Gasteiger charge is -2.08. The number of benzene rings is 2. The standard InChI is InChI=1S/C15H15FO3/c1-2-18-9-10-19-15(17)13-7-8-14(16)12-6-4-3-5-11(12)13/h3-8H,2,9-10H2,1H3. The van der Waals surface area contributed by atoms with Crippen LogP contribution in [0.5, 0.6) is 0 Å². The Morgan fingerprint density at radius 3 is 2.58 bits per heavy atom. The van der Waals surface area contributed by atoms with E-state index in [-0.39, 0.29) is 12.4 Å². The molecule has 0 radical (unpaired) electrons. The average molecular weight is 262 g/mol. The smallest absolute Gasteiger partial charge is 0.338 e. The second-order valence-corrected chi connectivity index (χ2v) is 3.97. The lowest BCUT2D eigenvalue weighted by Crippen LogP contribution is -2.11. The molecule has 0 saturated heterocycles. The molecule has 3 nitrogen and oxygen atoms in total. The molecule has 2 aromatic carbocycles. The van der Waals surface area contributed by atoms with Gasteiger partial charge >= 0.3 is 5.97 Å². The molecule has 0 saturated carbocycles. The normalized spacial score (nSPS) is 10.6. The van der Waals surface area contributed by atoms with Crippen LogP contribution in [0.25, 0.3) is 10.8 Å². The first-order chi connectivity index (χ1) is 9.24. The summed E-state index contributed by atoms with van der Waals surface area (Å²) in [7, 11) is 0. The zero-order valence-electron chi connectivity index (χ0n) is 10.7. The van der Waals surface area contributed by atoms with Crippen LogP contribution in [0.2, 0.25) is 0 Å². The molecule has 0 bridgehead atoms. The molecule has 2 aromatic rings. The van der Waals surface area contributed by atoms with Crippen molar-refractivity contribution in [3.63, 3.8) is 0 Å². The molecule has 0 N–H and O–H groups in total. The third-order valence-electron chi connectivity index (χ3n) is 2.76. The van der Waals surface area contributed by atoms with E-state index in [1.807, 2.05) is 6.92 Å². The first-order valence-corrected chi connectivity index (χ1v) is 6.16. The zero-order valence-corrected chi connectivity index (χ0v) is 10.7. The van der Waals surface area contributed by atoms with Crippen LogP contribution in [0.3, 0.4) is 0 Å². The number of carbonyl (C=O) groups is 1. The lowest BCUT2D eigenvalue weighted by atomic mass is 10.0. The first kappa shape index (κ1) is 13.5. The van der Waals surface area contributed by atoms with Crippen molar-refractivity contribution in [1.82, 2.24) is 0 Å². The van der Waals surface area contributed by atoms with Gasteiger partial charge in [-0.3, -0.25) is 0 Å². The Labute approximate surface area is 110 Å². The number of esters is 1. The minimum absolute atomic E-state index is 0.193. The molecule has 0 aliphatic heterocycles. The maximum atomic E-state index is 13.6. The van der Waals surface area contributed by atoms with Gasteiger partial charge in [-0.25, -0.2) is 9.18 Å². The second-order valence-electron chi connectivity index (χ2n) is 3.97. The monoisotopic (exact) mass is 262 g/mol. The Balaban J connectivity index is 2.20. The van der Waals surface area contributed by atoms with Crippen LogP contribution >= 0.6 is 0 Å². The molecule has 0 spiro atoms. The molecular formula is C15H15FO3. The molecular weight excluding hydrogens is 247 g/mol. The van der Waals surface area contributed by atoms with Crippen LogP contribution in [0.1, 0.15) is 17.3 Å².